The van der Waals surface area contributed by atoms with E-state index in [2.05, 4.69) is 16.4 Å². The molecule has 0 spiro atoms. The topological polar surface area (TPSA) is 53.4 Å². The summed E-state index contributed by atoms with van der Waals surface area (Å²) in [5.74, 6) is 0.507. The summed E-state index contributed by atoms with van der Waals surface area (Å²) >= 11 is 3.25. The van der Waals surface area contributed by atoms with Crippen molar-refractivity contribution in [2.75, 3.05) is 19.7 Å². The second-order valence-corrected chi connectivity index (χ2v) is 6.98. The van der Waals surface area contributed by atoms with Crippen molar-refractivity contribution in [3.8, 4) is 10.6 Å². The van der Waals surface area contributed by atoms with E-state index in [1.54, 1.807) is 22.7 Å². The lowest BCUT2D eigenvalue weighted by Gasteiger charge is -2.31. The van der Waals surface area contributed by atoms with Crippen LogP contribution in [0.4, 0.5) is 0 Å². The van der Waals surface area contributed by atoms with Gasteiger partial charge in [0.15, 0.2) is 0 Å². The van der Waals surface area contributed by atoms with Crippen molar-refractivity contribution in [2.24, 2.45) is 5.92 Å². The fourth-order valence-corrected chi connectivity index (χ4v) is 4.07. The van der Waals surface area contributed by atoms with E-state index >= 15 is 0 Å². The molecular weight excluding hydrogens is 304 g/mol. The molecule has 1 amide bonds. The number of aliphatic hydroxyl groups excluding tert-OH is 1. The van der Waals surface area contributed by atoms with E-state index in [-0.39, 0.29) is 12.5 Å². The molecular formula is C15H18N2O2S2. The van der Waals surface area contributed by atoms with E-state index in [0.29, 0.717) is 12.3 Å². The van der Waals surface area contributed by atoms with Crippen LogP contribution in [0, 0.1) is 5.92 Å². The number of thiazole rings is 1. The van der Waals surface area contributed by atoms with E-state index in [0.717, 1.165) is 42.2 Å². The molecule has 1 aliphatic heterocycles. The van der Waals surface area contributed by atoms with Crippen LogP contribution < -0.4 is 0 Å². The first-order valence-corrected chi connectivity index (χ1v) is 8.94. The van der Waals surface area contributed by atoms with Crippen LogP contribution in [0.2, 0.25) is 0 Å². The number of amides is 1. The van der Waals surface area contributed by atoms with Gasteiger partial charge in [0.2, 0.25) is 5.91 Å². The van der Waals surface area contributed by atoms with Gasteiger partial charge < -0.3 is 10.0 Å². The molecule has 0 atom stereocenters. The minimum absolute atomic E-state index is 0.147. The summed E-state index contributed by atoms with van der Waals surface area (Å²) in [6.45, 7) is 1.75. The molecule has 0 aliphatic carbocycles. The molecule has 0 unspecified atom stereocenters. The average Bonchev–Trinajstić information content (AvgIpc) is 3.18. The van der Waals surface area contributed by atoms with E-state index < -0.39 is 0 Å². The zero-order chi connectivity index (χ0) is 14.7. The van der Waals surface area contributed by atoms with Crippen LogP contribution in [0.1, 0.15) is 18.5 Å². The third kappa shape index (κ3) is 3.51. The second kappa shape index (κ2) is 6.68. The molecule has 1 saturated heterocycles. The molecule has 0 radical (unpaired) electrons. The minimum atomic E-state index is 0.147. The molecule has 21 heavy (non-hydrogen) atoms. The Hall–Kier alpha value is -1.24. The van der Waals surface area contributed by atoms with Crippen LogP contribution in [-0.4, -0.2) is 40.6 Å². The van der Waals surface area contributed by atoms with Crippen LogP contribution in [0.5, 0.6) is 0 Å². The highest BCUT2D eigenvalue weighted by molar-refractivity contribution is 7.14. The number of thiophene rings is 1. The van der Waals surface area contributed by atoms with Crippen molar-refractivity contribution >= 4 is 28.6 Å². The SMILES string of the molecule is O=C(Cc1csc(-c2ccsc2)n1)N1CCC(CO)CC1. The van der Waals surface area contributed by atoms with Gasteiger partial charge in [-0.05, 0) is 30.2 Å². The van der Waals surface area contributed by atoms with Crippen LogP contribution in [0.25, 0.3) is 10.6 Å². The summed E-state index contributed by atoms with van der Waals surface area (Å²) in [5, 5.41) is 16.2. The zero-order valence-corrected chi connectivity index (χ0v) is 13.3. The maximum atomic E-state index is 12.3. The third-order valence-electron chi connectivity index (χ3n) is 3.88. The lowest BCUT2D eigenvalue weighted by atomic mass is 9.97. The van der Waals surface area contributed by atoms with Gasteiger partial charge in [-0.3, -0.25) is 4.79 Å². The molecule has 1 fully saturated rings. The third-order valence-corrected chi connectivity index (χ3v) is 5.50. The molecule has 2 aromatic rings. The maximum absolute atomic E-state index is 12.3. The number of nitrogens with zero attached hydrogens (tertiary/aromatic N) is 2. The number of aromatic nitrogens is 1. The van der Waals surface area contributed by atoms with Crippen molar-refractivity contribution in [3.63, 3.8) is 0 Å². The first-order valence-electron chi connectivity index (χ1n) is 7.12. The van der Waals surface area contributed by atoms with Gasteiger partial charge in [-0.15, -0.1) is 11.3 Å². The van der Waals surface area contributed by atoms with Gasteiger partial charge in [0.25, 0.3) is 0 Å². The fraction of sp³-hybridized carbons (Fsp3) is 0.467. The number of hydrogen-bond acceptors (Lipinski definition) is 5. The Bertz CT molecular complexity index is 587. The number of piperidine rings is 1. The van der Waals surface area contributed by atoms with Gasteiger partial charge in [-0.25, -0.2) is 4.98 Å². The van der Waals surface area contributed by atoms with Crippen molar-refractivity contribution in [1.82, 2.24) is 9.88 Å². The van der Waals surface area contributed by atoms with Gasteiger partial charge in [0.1, 0.15) is 5.01 Å². The van der Waals surface area contributed by atoms with Gasteiger partial charge >= 0.3 is 0 Å². The van der Waals surface area contributed by atoms with Crippen LogP contribution in [0.15, 0.2) is 22.2 Å². The summed E-state index contributed by atoms with van der Waals surface area (Å²) in [6, 6.07) is 2.05. The van der Waals surface area contributed by atoms with Crippen LogP contribution in [0.3, 0.4) is 0 Å². The number of hydrogen-bond donors (Lipinski definition) is 1. The highest BCUT2D eigenvalue weighted by Crippen LogP contribution is 2.26. The van der Waals surface area contributed by atoms with Crippen LogP contribution in [-0.2, 0) is 11.2 Å². The van der Waals surface area contributed by atoms with E-state index in [9.17, 15) is 4.79 Å². The minimum Gasteiger partial charge on any atom is -0.396 e. The predicted octanol–water partition coefficient (Wildman–Crippen LogP) is 2.65. The normalized spacial score (nSPS) is 16.3. The lowest BCUT2D eigenvalue weighted by Crippen LogP contribution is -2.40. The molecule has 1 N–H and O–H groups in total. The number of likely N-dealkylation sites (tertiary alicyclic amines) is 1. The Morgan fingerprint density at radius 3 is 2.86 bits per heavy atom. The Balaban J connectivity index is 1.58. The van der Waals surface area contributed by atoms with Gasteiger partial charge in [0, 0.05) is 36.0 Å². The molecule has 2 aromatic heterocycles. The zero-order valence-electron chi connectivity index (χ0n) is 11.7. The molecule has 4 nitrogen and oxygen atoms in total. The van der Waals surface area contributed by atoms with Crippen molar-refractivity contribution in [3.05, 3.63) is 27.9 Å². The summed E-state index contributed by atoms with van der Waals surface area (Å²) in [4.78, 5) is 18.7. The molecule has 1 aliphatic rings. The summed E-state index contributed by atoms with van der Waals surface area (Å²) < 4.78 is 0. The highest BCUT2D eigenvalue weighted by atomic mass is 32.1. The fourth-order valence-electron chi connectivity index (χ4n) is 2.54. The quantitative estimate of drug-likeness (QED) is 0.941. The summed E-state index contributed by atoms with van der Waals surface area (Å²) in [7, 11) is 0. The molecule has 112 valence electrons. The summed E-state index contributed by atoms with van der Waals surface area (Å²) in [6.07, 6.45) is 2.18. The van der Waals surface area contributed by atoms with Crippen molar-refractivity contribution < 1.29 is 9.90 Å². The van der Waals surface area contributed by atoms with E-state index in [4.69, 9.17) is 5.11 Å². The first kappa shape index (κ1) is 14.7. The largest absolute Gasteiger partial charge is 0.396 e. The number of carbonyl (C=O) groups excluding carboxylic acids is 1. The Labute approximate surface area is 132 Å². The Morgan fingerprint density at radius 1 is 1.38 bits per heavy atom. The van der Waals surface area contributed by atoms with Crippen molar-refractivity contribution in [1.29, 1.82) is 0 Å². The molecule has 3 rings (SSSR count). The van der Waals surface area contributed by atoms with Crippen LogP contribution >= 0.6 is 22.7 Å². The number of carbonyl (C=O) groups is 1. The Morgan fingerprint density at radius 2 is 2.19 bits per heavy atom. The number of rotatable bonds is 4. The second-order valence-electron chi connectivity index (χ2n) is 5.34. The Kier molecular flexibility index (Phi) is 4.67. The monoisotopic (exact) mass is 322 g/mol. The smallest absolute Gasteiger partial charge is 0.228 e. The van der Waals surface area contributed by atoms with Gasteiger partial charge in [0.05, 0.1) is 12.1 Å². The molecule has 0 saturated carbocycles. The number of aliphatic hydroxyl groups is 1. The highest BCUT2D eigenvalue weighted by Gasteiger charge is 2.22. The standard InChI is InChI=1S/C15H18N2O2S2/c18-8-11-1-4-17(5-2-11)14(19)7-13-10-21-15(16-13)12-3-6-20-9-12/h3,6,9-11,18H,1-2,4-5,7-8H2. The average molecular weight is 322 g/mol. The predicted molar refractivity (Wildman–Crippen MR) is 85.5 cm³/mol. The van der Waals surface area contributed by atoms with Gasteiger partial charge in [-0.1, -0.05) is 0 Å². The van der Waals surface area contributed by atoms with Crippen molar-refractivity contribution in [2.45, 2.75) is 19.3 Å². The lowest BCUT2D eigenvalue weighted by molar-refractivity contribution is -0.132. The maximum Gasteiger partial charge on any atom is 0.228 e. The van der Waals surface area contributed by atoms with Gasteiger partial charge in [-0.2, -0.15) is 11.3 Å². The van der Waals surface area contributed by atoms with E-state index in [1.165, 1.54) is 0 Å². The molecule has 3 heterocycles. The molecule has 6 heteroatoms. The first-order chi connectivity index (χ1) is 10.3. The summed E-state index contributed by atoms with van der Waals surface area (Å²) in [5.41, 5.74) is 1.99. The van der Waals surface area contributed by atoms with E-state index in [1.807, 2.05) is 15.7 Å². The molecule has 0 aromatic carbocycles. The molecule has 0 bridgehead atoms.